The lowest BCUT2D eigenvalue weighted by Gasteiger charge is -2.15. The van der Waals surface area contributed by atoms with Gasteiger partial charge in [0, 0.05) is 0 Å². The van der Waals surface area contributed by atoms with Crippen LogP contribution in [0.25, 0.3) is 5.69 Å². The van der Waals surface area contributed by atoms with Crippen LogP contribution < -0.4 is 10.1 Å². The number of hydrogen-bond donors (Lipinski definition) is 1. The van der Waals surface area contributed by atoms with Crippen LogP contribution in [0.4, 0.5) is 18.9 Å². The molecule has 3 aromatic rings. The average molecular weight is 363 g/mol. The highest BCUT2D eigenvalue weighted by Crippen LogP contribution is 2.28. The zero-order valence-electron chi connectivity index (χ0n) is 13.9. The molecule has 0 saturated carbocycles. The maximum absolute atomic E-state index is 12.4. The predicted molar refractivity (Wildman–Crippen MR) is 89.2 cm³/mol. The lowest BCUT2D eigenvalue weighted by molar-refractivity contribution is -0.153. The molecule has 26 heavy (non-hydrogen) atoms. The van der Waals surface area contributed by atoms with E-state index < -0.39 is 12.8 Å². The number of benzene rings is 2. The second-order valence-corrected chi connectivity index (χ2v) is 5.60. The molecule has 0 aliphatic carbocycles. The van der Waals surface area contributed by atoms with Crippen molar-refractivity contribution in [3.63, 3.8) is 0 Å². The number of tetrazole rings is 1. The summed E-state index contributed by atoms with van der Waals surface area (Å²) in [7, 11) is 0. The summed E-state index contributed by atoms with van der Waals surface area (Å²) in [5.74, 6) is 0.639. The summed E-state index contributed by atoms with van der Waals surface area (Å²) < 4.78 is 43.8. The summed E-state index contributed by atoms with van der Waals surface area (Å²) in [4.78, 5) is 0. The van der Waals surface area contributed by atoms with Crippen molar-refractivity contribution in [2.45, 2.75) is 19.6 Å². The third-order valence-electron chi connectivity index (χ3n) is 3.50. The van der Waals surface area contributed by atoms with Crippen molar-refractivity contribution in [2.75, 3.05) is 11.9 Å². The minimum absolute atomic E-state index is 0.126. The third-order valence-corrected chi connectivity index (χ3v) is 3.50. The van der Waals surface area contributed by atoms with Gasteiger partial charge in [-0.25, -0.2) is 0 Å². The normalized spacial score (nSPS) is 11.4. The number of aromatic nitrogens is 4. The molecule has 1 aromatic heterocycles. The molecule has 0 bridgehead atoms. The van der Waals surface area contributed by atoms with Crippen molar-refractivity contribution < 1.29 is 17.9 Å². The van der Waals surface area contributed by atoms with Gasteiger partial charge in [0.1, 0.15) is 5.75 Å². The molecule has 3 rings (SSSR count). The number of nitrogens with zero attached hydrogens (tertiary/aromatic N) is 4. The summed E-state index contributed by atoms with van der Waals surface area (Å²) in [5, 5.41) is 14.6. The van der Waals surface area contributed by atoms with Crippen LogP contribution in [0.1, 0.15) is 11.4 Å². The summed E-state index contributed by atoms with van der Waals surface area (Å²) in [6.45, 7) is 0.639. The second kappa shape index (κ2) is 7.42. The first-order valence-corrected chi connectivity index (χ1v) is 7.79. The number of aryl methyl sites for hydroxylation is 1. The molecular formula is C17H16F3N5O. The number of ether oxygens (including phenoxy) is 1. The Morgan fingerprint density at radius 1 is 1.12 bits per heavy atom. The number of anilines is 1. The zero-order chi connectivity index (χ0) is 18.6. The van der Waals surface area contributed by atoms with Gasteiger partial charge in [-0.1, -0.05) is 24.3 Å². The van der Waals surface area contributed by atoms with E-state index in [-0.39, 0.29) is 12.3 Å². The number of para-hydroxylation sites is 1. The molecule has 0 unspecified atom stereocenters. The van der Waals surface area contributed by atoms with Gasteiger partial charge in [-0.05, 0) is 47.2 Å². The van der Waals surface area contributed by atoms with E-state index in [1.807, 2.05) is 30.3 Å². The number of hydrogen-bond acceptors (Lipinski definition) is 5. The highest BCUT2D eigenvalue weighted by Gasteiger charge is 2.28. The van der Waals surface area contributed by atoms with Crippen LogP contribution >= 0.6 is 0 Å². The second-order valence-electron chi connectivity index (χ2n) is 5.60. The molecule has 0 aliphatic heterocycles. The molecule has 9 heteroatoms. The van der Waals surface area contributed by atoms with Crippen molar-refractivity contribution in [2.24, 2.45) is 0 Å². The van der Waals surface area contributed by atoms with Crippen LogP contribution in [0.3, 0.4) is 0 Å². The fourth-order valence-corrected chi connectivity index (χ4v) is 2.31. The highest BCUT2D eigenvalue weighted by atomic mass is 19.4. The molecule has 1 heterocycles. The molecule has 0 spiro atoms. The van der Waals surface area contributed by atoms with E-state index in [1.54, 1.807) is 29.8 Å². The van der Waals surface area contributed by atoms with Crippen molar-refractivity contribution >= 4 is 5.69 Å². The topological polar surface area (TPSA) is 64.9 Å². The van der Waals surface area contributed by atoms with Crippen molar-refractivity contribution in [1.82, 2.24) is 20.2 Å². The Labute approximate surface area is 147 Å². The Hall–Kier alpha value is -3.10. The molecule has 0 fully saturated rings. The van der Waals surface area contributed by atoms with Gasteiger partial charge >= 0.3 is 6.18 Å². The quantitative estimate of drug-likeness (QED) is 0.726. The van der Waals surface area contributed by atoms with Gasteiger partial charge < -0.3 is 10.1 Å². The van der Waals surface area contributed by atoms with Gasteiger partial charge in [-0.3, -0.25) is 0 Å². The number of halogens is 3. The first-order valence-electron chi connectivity index (χ1n) is 7.79. The van der Waals surface area contributed by atoms with E-state index in [2.05, 4.69) is 20.8 Å². The van der Waals surface area contributed by atoms with Gasteiger partial charge in [0.15, 0.2) is 12.4 Å². The minimum atomic E-state index is -4.40. The van der Waals surface area contributed by atoms with E-state index in [9.17, 15) is 13.2 Å². The molecule has 0 saturated heterocycles. The molecule has 2 aromatic carbocycles. The van der Waals surface area contributed by atoms with Crippen LogP contribution in [0.15, 0.2) is 48.5 Å². The fraction of sp³-hybridized carbons (Fsp3) is 0.235. The zero-order valence-corrected chi connectivity index (χ0v) is 13.9. The molecule has 0 atom stereocenters. The monoisotopic (exact) mass is 363 g/mol. The molecule has 1 N–H and O–H groups in total. The fourth-order valence-electron chi connectivity index (χ4n) is 2.31. The maximum Gasteiger partial charge on any atom is 0.422 e. The summed E-state index contributed by atoms with van der Waals surface area (Å²) >= 11 is 0. The van der Waals surface area contributed by atoms with Crippen molar-refractivity contribution in [3.8, 4) is 11.4 Å². The Bertz CT molecular complexity index is 864. The summed E-state index contributed by atoms with van der Waals surface area (Å²) in [6, 6.07) is 14.3. The SMILES string of the molecule is Cc1ccc(NCc2nnnn2-c2ccccc2)c(OCC(F)(F)F)c1. The minimum Gasteiger partial charge on any atom is -0.482 e. The molecular weight excluding hydrogens is 347 g/mol. The number of alkyl halides is 3. The van der Waals surface area contributed by atoms with Crippen LogP contribution in [0, 0.1) is 6.92 Å². The molecule has 0 aliphatic rings. The third kappa shape index (κ3) is 4.50. The Morgan fingerprint density at radius 3 is 2.62 bits per heavy atom. The molecule has 136 valence electrons. The molecule has 0 amide bonds. The van der Waals surface area contributed by atoms with Gasteiger partial charge in [0.05, 0.1) is 17.9 Å². The highest BCUT2D eigenvalue weighted by molar-refractivity contribution is 5.57. The first-order chi connectivity index (χ1) is 12.4. The predicted octanol–water partition coefficient (Wildman–Crippen LogP) is 3.52. The lowest BCUT2D eigenvalue weighted by atomic mass is 10.2. The average Bonchev–Trinajstić information content (AvgIpc) is 3.08. The standard InChI is InChI=1S/C17H16F3N5O/c1-12-7-8-14(15(9-12)26-11-17(18,19)20)21-10-16-22-23-24-25(16)13-5-3-2-4-6-13/h2-9,21H,10-11H2,1H3. The van der Waals surface area contributed by atoms with Gasteiger partial charge in [0.25, 0.3) is 0 Å². The number of nitrogens with one attached hydrogen (secondary N) is 1. The Kier molecular flexibility index (Phi) is 5.06. The Morgan fingerprint density at radius 2 is 1.88 bits per heavy atom. The van der Waals surface area contributed by atoms with Gasteiger partial charge in [-0.2, -0.15) is 17.9 Å². The van der Waals surface area contributed by atoms with E-state index in [0.717, 1.165) is 11.3 Å². The lowest BCUT2D eigenvalue weighted by Crippen LogP contribution is -2.20. The van der Waals surface area contributed by atoms with Crippen LogP contribution in [-0.4, -0.2) is 33.0 Å². The van der Waals surface area contributed by atoms with Crippen LogP contribution in [0.2, 0.25) is 0 Å². The van der Waals surface area contributed by atoms with Gasteiger partial charge in [-0.15, -0.1) is 5.10 Å². The Balaban J connectivity index is 1.76. The summed E-state index contributed by atoms with van der Waals surface area (Å²) in [5.41, 5.74) is 2.01. The van der Waals surface area contributed by atoms with Crippen molar-refractivity contribution in [3.05, 3.63) is 59.9 Å². The smallest absolute Gasteiger partial charge is 0.422 e. The van der Waals surface area contributed by atoms with Crippen LogP contribution in [0.5, 0.6) is 5.75 Å². The van der Waals surface area contributed by atoms with Crippen LogP contribution in [-0.2, 0) is 6.54 Å². The first kappa shape index (κ1) is 17.7. The molecule has 0 radical (unpaired) electrons. The van der Waals surface area contributed by atoms with E-state index >= 15 is 0 Å². The largest absolute Gasteiger partial charge is 0.482 e. The van der Waals surface area contributed by atoms with E-state index in [0.29, 0.717) is 11.5 Å². The summed E-state index contributed by atoms with van der Waals surface area (Å²) in [6.07, 6.45) is -4.40. The number of rotatable bonds is 6. The van der Waals surface area contributed by atoms with Crippen molar-refractivity contribution in [1.29, 1.82) is 0 Å². The van der Waals surface area contributed by atoms with Gasteiger partial charge in [0.2, 0.25) is 0 Å². The maximum atomic E-state index is 12.4. The molecule has 6 nitrogen and oxygen atoms in total. The van der Waals surface area contributed by atoms with E-state index in [1.165, 1.54) is 0 Å². The van der Waals surface area contributed by atoms with E-state index in [4.69, 9.17) is 4.74 Å².